The number of hydrogen-bond donors (Lipinski definition) is 1. The summed E-state index contributed by atoms with van der Waals surface area (Å²) in [7, 11) is 0. The van der Waals surface area contributed by atoms with E-state index in [1.54, 1.807) is 0 Å². The Morgan fingerprint density at radius 1 is 1.48 bits per heavy atom. The van der Waals surface area contributed by atoms with Gasteiger partial charge in [0.15, 0.2) is 6.61 Å². The Hall–Kier alpha value is -1.36. The maximum Gasteiger partial charge on any atom is 0.348 e. The molecule has 5 heteroatoms. The number of ether oxygens (including phenoxy) is 1. The van der Waals surface area contributed by atoms with E-state index in [9.17, 15) is 9.59 Å². The minimum atomic E-state index is -0.387. The summed E-state index contributed by atoms with van der Waals surface area (Å²) in [6.07, 6.45) is 3.26. The van der Waals surface area contributed by atoms with Gasteiger partial charge in [-0.15, -0.1) is 11.3 Å². The van der Waals surface area contributed by atoms with Crippen LogP contribution in [0.15, 0.2) is 6.07 Å². The van der Waals surface area contributed by atoms with Crippen molar-refractivity contribution in [3.8, 4) is 0 Å². The maximum absolute atomic E-state index is 12.0. The summed E-state index contributed by atoms with van der Waals surface area (Å²) in [5, 5.41) is 2.73. The fourth-order valence-electron chi connectivity index (χ4n) is 2.38. The van der Waals surface area contributed by atoms with E-state index in [0.29, 0.717) is 23.3 Å². The monoisotopic (exact) mass is 309 g/mol. The highest BCUT2D eigenvalue weighted by molar-refractivity contribution is 7.14. The molecule has 0 saturated carbocycles. The van der Waals surface area contributed by atoms with Gasteiger partial charge in [0.1, 0.15) is 4.88 Å². The smallest absolute Gasteiger partial charge is 0.348 e. The molecule has 1 aliphatic rings. The molecule has 1 N–H and O–H groups in total. The van der Waals surface area contributed by atoms with Gasteiger partial charge in [-0.25, -0.2) is 4.79 Å². The molecular weight excluding hydrogens is 286 g/mol. The molecule has 0 fully saturated rings. The Bertz CT molecular complexity index is 522. The predicted molar refractivity (Wildman–Crippen MR) is 83.6 cm³/mol. The van der Waals surface area contributed by atoms with Crippen molar-refractivity contribution in [1.82, 2.24) is 5.32 Å². The zero-order chi connectivity index (χ0) is 15.4. The van der Waals surface area contributed by atoms with Crippen molar-refractivity contribution < 1.29 is 14.3 Å². The van der Waals surface area contributed by atoms with Gasteiger partial charge in [0, 0.05) is 11.4 Å². The lowest BCUT2D eigenvalue weighted by molar-refractivity contribution is -0.124. The molecule has 0 spiro atoms. The first-order valence-electron chi connectivity index (χ1n) is 7.51. The summed E-state index contributed by atoms with van der Waals surface area (Å²) >= 11 is 1.51. The third-order valence-electron chi connectivity index (χ3n) is 3.57. The molecule has 2 rings (SSSR count). The first-order chi connectivity index (χ1) is 9.95. The van der Waals surface area contributed by atoms with E-state index in [4.69, 9.17) is 4.74 Å². The minimum Gasteiger partial charge on any atom is -0.451 e. The number of aryl methyl sites for hydroxylation is 1. The average Bonchev–Trinajstić information content (AvgIpc) is 2.85. The highest BCUT2D eigenvalue weighted by Crippen LogP contribution is 2.32. The van der Waals surface area contributed by atoms with Crippen molar-refractivity contribution in [2.75, 3.05) is 13.2 Å². The molecule has 1 aromatic rings. The van der Waals surface area contributed by atoms with Gasteiger partial charge in [0.25, 0.3) is 5.91 Å². The van der Waals surface area contributed by atoms with Gasteiger partial charge in [0.2, 0.25) is 0 Å². The topological polar surface area (TPSA) is 55.4 Å². The van der Waals surface area contributed by atoms with E-state index in [2.05, 4.69) is 12.2 Å². The number of carbonyl (C=O) groups excluding carboxylic acids is 2. The summed E-state index contributed by atoms with van der Waals surface area (Å²) in [4.78, 5) is 25.4. The number of nitrogens with one attached hydrogen (secondary N) is 1. The number of thiophene rings is 1. The van der Waals surface area contributed by atoms with Crippen LogP contribution in [0, 0.1) is 11.8 Å². The molecule has 0 aromatic carbocycles. The maximum atomic E-state index is 12.0. The van der Waals surface area contributed by atoms with E-state index >= 15 is 0 Å². The van der Waals surface area contributed by atoms with Crippen LogP contribution >= 0.6 is 11.3 Å². The van der Waals surface area contributed by atoms with Crippen LogP contribution in [0.5, 0.6) is 0 Å². The van der Waals surface area contributed by atoms with E-state index in [1.807, 2.05) is 19.9 Å². The molecule has 4 nitrogen and oxygen atoms in total. The molecule has 0 aliphatic heterocycles. The highest BCUT2D eigenvalue weighted by atomic mass is 32.1. The average molecular weight is 309 g/mol. The Labute approximate surface area is 129 Å². The molecule has 0 saturated heterocycles. The predicted octanol–water partition coefficient (Wildman–Crippen LogP) is 2.80. The fourth-order valence-corrected chi connectivity index (χ4v) is 3.48. The zero-order valence-electron chi connectivity index (χ0n) is 12.9. The van der Waals surface area contributed by atoms with Crippen LogP contribution in [0.2, 0.25) is 0 Å². The van der Waals surface area contributed by atoms with Crippen molar-refractivity contribution >= 4 is 23.2 Å². The number of rotatable bonds is 5. The molecule has 1 heterocycles. The van der Waals surface area contributed by atoms with Gasteiger partial charge < -0.3 is 10.1 Å². The van der Waals surface area contributed by atoms with Crippen molar-refractivity contribution in [3.63, 3.8) is 0 Å². The Morgan fingerprint density at radius 2 is 2.24 bits per heavy atom. The second kappa shape index (κ2) is 7.07. The van der Waals surface area contributed by atoms with Gasteiger partial charge in [-0.05, 0) is 42.7 Å². The minimum absolute atomic E-state index is 0.204. The van der Waals surface area contributed by atoms with Crippen LogP contribution in [-0.4, -0.2) is 25.0 Å². The molecule has 21 heavy (non-hydrogen) atoms. The largest absolute Gasteiger partial charge is 0.451 e. The molecule has 0 unspecified atom stereocenters. The van der Waals surface area contributed by atoms with Gasteiger partial charge in [-0.3, -0.25) is 4.79 Å². The van der Waals surface area contributed by atoms with Crippen LogP contribution in [-0.2, 0) is 22.4 Å². The van der Waals surface area contributed by atoms with E-state index in [-0.39, 0.29) is 18.5 Å². The number of esters is 1. The number of carbonyl (C=O) groups is 2. The summed E-state index contributed by atoms with van der Waals surface area (Å²) in [6.45, 7) is 6.66. The van der Waals surface area contributed by atoms with Crippen LogP contribution in [0.1, 0.15) is 47.3 Å². The lowest BCUT2D eigenvalue weighted by Crippen LogP contribution is -2.31. The van der Waals surface area contributed by atoms with Gasteiger partial charge in [-0.1, -0.05) is 20.8 Å². The zero-order valence-corrected chi connectivity index (χ0v) is 13.7. The fraction of sp³-hybridized carbons (Fsp3) is 0.625. The van der Waals surface area contributed by atoms with Crippen LogP contribution in [0.4, 0.5) is 0 Å². The van der Waals surface area contributed by atoms with Gasteiger partial charge >= 0.3 is 5.97 Å². The Balaban J connectivity index is 1.85. The number of amides is 1. The standard InChI is InChI=1S/C16H23NO3S/c1-10(2)8-17-15(18)9-20-16(19)14-7-12-6-11(3)4-5-13(12)21-14/h7,10-11H,4-6,8-9H2,1-3H3,(H,17,18)/t11-/m0/s1. The molecule has 116 valence electrons. The SMILES string of the molecule is CC(C)CNC(=O)COC(=O)c1cc2c(s1)CC[C@H](C)C2. The first kappa shape index (κ1) is 16.0. The lowest BCUT2D eigenvalue weighted by Gasteiger charge is -2.16. The normalized spacial score (nSPS) is 17.4. The third-order valence-corrected chi connectivity index (χ3v) is 4.79. The molecule has 1 atom stereocenters. The quantitative estimate of drug-likeness (QED) is 0.851. The molecule has 1 amide bonds. The van der Waals surface area contributed by atoms with E-state index in [0.717, 1.165) is 12.8 Å². The Kier molecular flexibility index (Phi) is 5.39. The van der Waals surface area contributed by atoms with Crippen LogP contribution < -0.4 is 5.32 Å². The molecule has 0 bridgehead atoms. The second-order valence-corrected chi connectivity index (χ2v) is 7.32. The van der Waals surface area contributed by atoms with Crippen LogP contribution in [0.3, 0.4) is 0 Å². The summed E-state index contributed by atoms with van der Waals surface area (Å²) in [6, 6.07) is 1.93. The first-order valence-corrected chi connectivity index (χ1v) is 8.32. The molecule has 1 aliphatic carbocycles. The lowest BCUT2D eigenvalue weighted by atomic mass is 9.90. The summed E-state index contributed by atoms with van der Waals surface area (Å²) in [5.41, 5.74) is 1.27. The van der Waals surface area contributed by atoms with E-state index < -0.39 is 0 Å². The third kappa shape index (κ3) is 4.56. The molecule has 1 aromatic heterocycles. The summed E-state index contributed by atoms with van der Waals surface area (Å²) < 4.78 is 5.09. The van der Waals surface area contributed by atoms with Gasteiger partial charge in [-0.2, -0.15) is 0 Å². The molecule has 0 radical (unpaired) electrons. The van der Waals surface area contributed by atoms with Crippen molar-refractivity contribution in [2.24, 2.45) is 11.8 Å². The second-order valence-electron chi connectivity index (χ2n) is 6.18. The van der Waals surface area contributed by atoms with Crippen molar-refractivity contribution in [3.05, 3.63) is 21.4 Å². The van der Waals surface area contributed by atoms with Crippen LogP contribution in [0.25, 0.3) is 0 Å². The number of fused-ring (bicyclic) bond motifs is 1. The van der Waals surface area contributed by atoms with Crippen molar-refractivity contribution in [2.45, 2.75) is 40.0 Å². The van der Waals surface area contributed by atoms with Crippen molar-refractivity contribution in [1.29, 1.82) is 0 Å². The van der Waals surface area contributed by atoms with Gasteiger partial charge in [0.05, 0.1) is 0 Å². The Morgan fingerprint density at radius 3 is 2.95 bits per heavy atom. The summed E-state index contributed by atoms with van der Waals surface area (Å²) in [5.74, 6) is 0.433. The molecular formula is C16H23NO3S. The van der Waals surface area contributed by atoms with E-state index in [1.165, 1.54) is 28.2 Å². The number of hydrogen-bond acceptors (Lipinski definition) is 4. The highest BCUT2D eigenvalue weighted by Gasteiger charge is 2.21.